The lowest BCUT2D eigenvalue weighted by atomic mass is 9.80. The van der Waals surface area contributed by atoms with Crippen LogP contribution in [0.25, 0.3) is 0 Å². The number of benzene rings is 3. The summed E-state index contributed by atoms with van der Waals surface area (Å²) < 4.78 is 18.1. The second-order valence-electron chi connectivity index (χ2n) is 12.3. The van der Waals surface area contributed by atoms with E-state index < -0.39 is 0 Å². The van der Waals surface area contributed by atoms with Crippen LogP contribution in [0.2, 0.25) is 0 Å². The first-order chi connectivity index (χ1) is 22.3. The molecule has 3 aromatic carbocycles. The molecule has 0 amide bonds. The Morgan fingerprint density at radius 1 is 0.435 bits per heavy atom. The fourth-order valence-corrected chi connectivity index (χ4v) is 5.86. The van der Waals surface area contributed by atoms with E-state index in [0.717, 1.165) is 88.6 Å². The molecule has 1 atom stereocenters. The highest BCUT2D eigenvalue weighted by atomic mass is 16.5. The van der Waals surface area contributed by atoms with Gasteiger partial charge >= 0.3 is 0 Å². The van der Waals surface area contributed by atoms with Gasteiger partial charge in [-0.3, -0.25) is 0 Å². The minimum absolute atomic E-state index is 0.217. The van der Waals surface area contributed by atoms with Gasteiger partial charge < -0.3 is 29.5 Å². The zero-order chi connectivity index (χ0) is 33.5. The Hall–Kier alpha value is -3.06. The minimum Gasteiger partial charge on any atom is -0.507 e. The van der Waals surface area contributed by atoms with Crippen LogP contribution in [0.1, 0.15) is 136 Å². The Labute approximate surface area is 277 Å². The van der Waals surface area contributed by atoms with E-state index >= 15 is 0 Å². The maximum Gasteiger partial charge on any atom is 0.126 e. The molecular weight excluding hydrogens is 576 g/mol. The van der Waals surface area contributed by atoms with Crippen LogP contribution < -0.4 is 0 Å². The molecule has 6 heteroatoms. The highest BCUT2D eigenvalue weighted by Crippen LogP contribution is 2.41. The Balaban J connectivity index is 2.27. The van der Waals surface area contributed by atoms with E-state index in [1.807, 2.05) is 0 Å². The van der Waals surface area contributed by atoms with Crippen LogP contribution in [0.5, 0.6) is 17.2 Å². The van der Waals surface area contributed by atoms with E-state index in [-0.39, 0.29) is 17.4 Å². The van der Waals surface area contributed by atoms with Gasteiger partial charge in [0.25, 0.3) is 0 Å². The normalized spacial score (nSPS) is 12.1. The van der Waals surface area contributed by atoms with Crippen molar-refractivity contribution in [2.75, 3.05) is 19.8 Å². The van der Waals surface area contributed by atoms with Gasteiger partial charge in [-0.05, 0) is 90.1 Å². The summed E-state index contributed by atoms with van der Waals surface area (Å²) in [7, 11) is 0. The quantitative estimate of drug-likeness (QED) is 0.0799. The number of rotatable bonds is 21. The lowest BCUT2D eigenvalue weighted by Crippen LogP contribution is -2.10. The molecule has 1 unspecified atom stereocenters. The molecule has 0 aliphatic rings. The van der Waals surface area contributed by atoms with Crippen LogP contribution in [0.4, 0.5) is 0 Å². The predicted molar refractivity (Wildman–Crippen MR) is 187 cm³/mol. The molecule has 0 aromatic heterocycles. The van der Waals surface area contributed by atoms with E-state index in [4.69, 9.17) is 14.2 Å². The number of aromatic hydroxyl groups is 3. The van der Waals surface area contributed by atoms with Crippen LogP contribution in [0.15, 0.2) is 36.4 Å². The fourth-order valence-electron chi connectivity index (χ4n) is 5.86. The maximum absolute atomic E-state index is 11.4. The Kier molecular flexibility index (Phi) is 15.9. The summed E-state index contributed by atoms with van der Waals surface area (Å²) in [5, 5.41) is 33.7. The van der Waals surface area contributed by atoms with Crippen LogP contribution in [0, 0.1) is 0 Å². The van der Waals surface area contributed by atoms with Gasteiger partial charge in [-0.2, -0.15) is 0 Å². The van der Waals surface area contributed by atoms with Gasteiger partial charge in [0.15, 0.2) is 0 Å². The first-order valence-electron chi connectivity index (χ1n) is 17.6. The summed E-state index contributed by atoms with van der Waals surface area (Å²) in [4.78, 5) is 0. The van der Waals surface area contributed by atoms with Gasteiger partial charge in [-0.1, -0.05) is 79.0 Å². The molecule has 3 aromatic rings. The molecule has 0 aliphatic carbocycles. The number of phenolic OH excluding ortho intramolecular Hbond substituents is 3. The standard InChI is InChI=1S/C40H58O6/c1-7-13-16-44-25-34-22-32(21-30(12-6)39(34)42)37(31-19-28(10-4)38(41)29(11-5)20-31)33-23-35(26-45-17-14-8-2)40(43)36(24-33)27-46-18-15-9-3/h19-24,37,41-43H,7-18,25-27H2,1-6H3. The first-order valence-corrected chi connectivity index (χ1v) is 17.6. The molecule has 3 rings (SSSR count). The van der Waals surface area contributed by atoms with Crippen molar-refractivity contribution >= 4 is 0 Å². The molecule has 0 saturated heterocycles. The lowest BCUT2D eigenvalue weighted by Gasteiger charge is -2.25. The Morgan fingerprint density at radius 3 is 0.978 bits per heavy atom. The number of hydrogen-bond acceptors (Lipinski definition) is 6. The SMILES string of the molecule is CCCCOCc1cc(C(c2cc(CC)c(O)c(CC)c2)c2cc(COCCCC)c(O)c(COCCCC)c2)cc(CC)c1O. The number of aryl methyl sites for hydroxylation is 3. The number of unbranched alkanes of at least 4 members (excludes halogenated alkanes) is 3. The molecule has 0 radical (unpaired) electrons. The topological polar surface area (TPSA) is 88.4 Å². The van der Waals surface area contributed by atoms with Crippen LogP contribution >= 0.6 is 0 Å². The largest absolute Gasteiger partial charge is 0.507 e. The Morgan fingerprint density at radius 2 is 0.696 bits per heavy atom. The summed E-state index contributed by atoms with van der Waals surface area (Å²) in [5.74, 6) is 0.630. The second kappa shape index (κ2) is 19.6. The van der Waals surface area contributed by atoms with Crippen molar-refractivity contribution < 1.29 is 29.5 Å². The third-order valence-corrected chi connectivity index (χ3v) is 8.71. The van der Waals surface area contributed by atoms with Crippen molar-refractivity contribution in [3.05, 3.63) is 86.5 Å². The molecular formula is C40H58O6. The highest BCUT2D eigenvalue weighted by molar-refractivity contribution is 5.56. The van der Waals surface area contributed by atoms with Gasteiger partial charge in [0.05, 0.1) is 19.8 Å². The minimum atomic E-state index is -0.235. The van der Waals surface area contributed by atoms with Gasteiger partial charge in [-0.25, -0.2) is 0 Å². The maximum atomic E-state index is 11.4. The average molecular weight is 635 g/mol. The average Bonchev–Trinajstić information content (AvgIpc) is 3.06. The van der Waals surface area contributed by atoms with Gasteiger partial charge in [0, 0.05) is 42.4 Å². The van der Waals surface area contributed by atoms with Crippen molar-refractivity contribution in [1.82, 2.24) is 0 Å². The zero-order valence-electron chi connectivity index (χ0n) is 29.2. The van der Waals surface area contributed by atoms with Crippen LogP contribution in [0.3, 0.4) is 0 Å². The third-order valence-electron chi connectivity index (χ3n) is 8.71. The number of ether oxygens (including phenoxy) is 3. The van der Waals surface area contributed by atoms with E-state index in [1.54, 1.807) is 0 Å². The van der Waals surface area contributed by atoms with Gasteiger partial charge in [-0.15, -0.1) is 0 Å². The van der Waals surface area contributed by atoms with Gasteiger partial charge in [0.1, 0.15) is 17.2 Å². The third kappa shape index (κ3) is 9.97. The number of phenols is 3. The molecule has 0 bridgehead atoms. The summed E-state index contributed by atoms with van der Waals surface area (Å²) in [6.45, 7) is 15.4. The highest BCUT2D eigenvalue weighted by Gasteiger charge is 2.25. The van der Waals surface area contributed by atoms with Crippen LogP contribution in [-0.4, -0.2) is 35.1 Å². The van der Waals surface area contributed by atoms with E-state index in [1.165, 1.54) is 0 Å². The fraction of sp³-hybridized carbons (Fsp3) is 0.550. The summed E-state index contributed by atoms with van der Waals surface area (Å²) >= 11 is 0. The molecule has 6 nitrogen and oxygen atoms in total. The van der Waals surface area contributed by atoms with Crippen molar-refractivity contribution in [2.45, 2.75) is 125 Å². The Bertz CT molecular complexity index is 1310. The summed E-state index contributed by atoms with van der Waals surface area (Å²) in [5.41, 5.74) is 7.99. The molecule has 0 spiro atoms. The van der Waals surface area contributed by atoms with E-state index in [2.05, 4.69) is 77.9 Å². The van der Waals surface area contributed by atoms with Gasteiger partial charge in [0.2, 0.25) is 0 Å². The van der Waals surface area contributed by atoms with E-state index in [9.17, 15) is 15.3 Å². The molecule has 46 heavy (non-hydrogen) atoms. The van der Waals surface area contributed by atoms with Crippen molar-refractivity contribution in [3.8, 4) is 17.2 Å². The monoisotopic (exact) mass is 634 g/mol. The molecule has 0 heterocycles. The molecule has 0 aliphatic heterocycles. The molecule has 3 N–H and O–H groups in total. The molecule has 254 valence electrons. The number of hydrogen-bond donors (Lipinski definition) is 3. The van der Waals surface area contributed by atoms with Crippen molar-refractivity contribution in [1.29, 1.82) is 0 Å². The second-order valence-corrected chi connectivity index (χ2v) is 12.3. The smallest absolute Gasteiger partial charge is 0.126 e. The summed E-state index contributed by atoms with van der Waals surface area (Å²) in [6, 6.07) is 12.5. The van der Waals surface area contributed by atoms with Crippen molar-refractivity contribution in [2.24, 2.45) is 0 Å². The first kappa shape index (κ1) is 37.4. The predicted octanol–water partition coefficient (Wildman–Crippen LogP) is 9.62. The lowest BCUT2D eigenvalue weighted by molar-refractivity contribution is 0.111. The molecule has 0 fully saturated rings. The van der Waals surface area contributed by atoms with Crippen LogP contribution in [-0.2, 0) is 53.3 Å². The van der Waals surface area contributed by atoms with E-state index in [0.29, 0.717) is 64.7 Å². The molecule has 0 saturated carbocycles. The summed E-state index contributed by atoms with van der Waals surface area (Å²) in [6.07, 6.45) is 8.09. The van der Waals surface area contributed by atoms with Crippen molar-refractivity contribution in [3.63, 3.8) is 0 Å². The zero-order valence-corrected chi connectivity index (χ0v) is 29.2.